The van der Waals surface area contributed by atoms with Gasteiger partial charge in [0.1, 0.15) is 5.75 Å². The van der Waals surface area contributed by atoms with E-state index in [9.17, 15) is 13.2 Å². The first-order valence-corrected chi connectivity index (χ1v) is 8.97. The average Bonchev–Trinajstić information content (AvgIpc) is 3.01. The molecule has 0 radical (unpaired) electrons. The van der Waals surface area contributed by atoms with Crippen LogP contribution in [0, 0.1) is 0 Å². The van der Waals surface area contributed by atoms with Gasteiger partial charge in [0.15, 0.2) is 0 Å². The van der Waals surface area contributed by atoms with Gasteiger partial charge < -0.3 is 14.0 Å². The van der Waals surface area contributed by atoms with Gasteiger partial charge in [0.2, 0.25) is 0 Å². The van der Waals surface area contributed by atoms with E-state index in [2.05, 4.69) is 20.7 Å². The molecule has 3 aromatic rings. The van der Waals surface area contributed by atoms with Crippen molar-refractivity contribution in [2.45, 2.75) is 19.0 Å². The van der Waals surface area contributed by atoms with Crippen LogP contribution in [0.1, 0.15) is 17.2 Å². The molecule has 0 amide bonds. The molecule has 2 aromatic carbocycles. The zero-order chi connectivity index (χ0) is 19.7. The van der Waals surface area contributed by atoms with Crippen molar-refractivity contribution in [1.29, 1.82) is 0 Å². The topological polar surface area (TPSA) is 39.5 Å². The van der Waals surface area contributed by atoms with Crippen molar-refractivity contribution in [2.75, 3.05) is 19.7 Å². The maximum Gasteiger partial charge on any atom is 0.573 e. The van der Waals surface area contributed by atoms with E-state index in [0.29, 0.717) is 19.7 Å². The normalized spacial score (nSPS) is 18.5. The van der Waals surface area contributed by atoms with Gasteiger partial charge in [-0.3, -0.25) is 4.90 Å². The molecule has 1 saturated heterocycles. The lowest BCUT2D eigenvalue weighted by atomic mass is 10.1. The molecule has 1 aliphatic heterocycles. The Labute approximate surface area is 160 Å². The fourth-order valence-corrected chi connectivity index (χ4v) is 3.49. The summed E-state index contributed by atoms with van der Waals surface area (Å²) in [4.78, 5) is 6.50. The largest absolute Gasteiger partial charge is 0.573 e. The molecule has 0 unspecified atom stereocenters. The van der Waals surface area contributed by atoms with Gasteiger partial charge in [0.05, 0.1) is 30.1 Å². The van der Waals surface area contributed by atoms with Gasteiger partial charge in [0.25, 0.3) is 0 Å². The predicted octanol–water partition coefficient (Wildman–Crippen LogP) is 4.05. The van der Waals surface area contributed by atoms with E-state index in [-0.39, 0.29) is 11.9 Å². The number of fused-ring (bicyclic) bond motifs is 1. The molecule has 8 heteroatoms. The summed E-state index contributed by atoms with van der Waals surface area (Å²) >= 11 is 0. The van der Waals surface area contributed by atoms with Gasteiger partial charge in [-0.05, 0) is 35.4 Å². The molecule has 0 spiro atoms. The molecule has 1 fully saturated rings. The second-order valence-electron chi connectivity index (χ2n) is 6.89. The Bertz CT molecular complexity index is 971. The van der Waals surface area contributed by atoms with Crippen LogP contribution >= 0.6 is 0 Å². The summed E-state index contributed by atoms with van der Waals surface area (Å²) in [6, 6.07) is 12.2. The highest BCUT2D eigenvalue weighted by atomic mass is 19.4. The molecule has 0 N–H and O–H groups in total. The molecule has 148 valence electrons. The quantitative estimate of drug-likeness (QED) is 0.673. The Hall–Kier alpha value is -2.58. The van der Waals surface area contributed by atoms with E-state index in [1.807, 2.05) is 23.7 Å². The Kier molecular flexibility index (Phi) is 4.99. The predicted molar refractivity (Wildman–Crippen MR) is 97.8 cm³/mol. The first kappa shape index (κ1) is 18.8. The first-order chi connectivity index (χ1) is 13.4. The summed E-state index contributed by atoms with van der Waals surface area (Å²) in [5.41, 5.74) is 3.80. The van der Waals surface area contributed by atoms with Crippen LogP contribution in [0.3, 0.4) is 0 Å². The number of hydrogen-bond donors (Lipinski definition) is 0. The molecule has 1 atom stereocenters. The molecule has 0 bridgehead atoms. The van der Waals surface area contributed by atoms with Crippen LogP contribution in [0.25, 0.3) is 11.0 Å². The monoisotopic (exact) mass is 391 g/mol. The van der Waals surface area contributed by atoms with Crippen molar-refractivity contribution < 1.29 is 22.6 Å². The Balaban J connectivity index is 1.46. The fourth-order valence-electron chi connectivity index (χ4n) is 3.49. The minimum atomic E-state index is -4.69. The highest BCUT2D eigenvalue weighted by Gasteiger charge is 2.31. The molecule has 0 saturated carbocycles. The van der Waals surface area contributed by atoms with E-state index in [4.69, 9.17) is 4.74 Å². The number of alkyl halides is 3. The Morgan fingerprint density at radius 2 is 2.07 bits per heavy atom. The molecular formula is C20H20F3N3O2. The smallest absolute Gasteiger partial charge is 0.406 e. The number of nitrogens with zero attached hydrogens (tertiary/aromatic N) is 3. The number of rotatable bonds is 4. The number of aryl methyl sites for hydroxylation is 1. The van der Waals surface area contributed by atoms with E-state index < -0.39 is 6.36 Å². The van der Waals surface area contributed by atoms with Gasteiger partial charge >= 0.3 is 6.36 Å². The standard InChI is InChI=1S/C20H20F3N3O2/c1-25-13-24-17-6-5-15(10-18(17)25)19-12-26(7-8-27-19)11-14-3-2-4-16(9-14)28-20(21,22)23/h2-6,9-10,13,19H,7-8,11-12H2,1H3/t19-/m1/s1. The molecule has 1 aromatic heterocycles. The van der Waals surface area contributed by atoms with E-state index >= 15 is 0 Å². The van der Waals surface area contributed by atoms with Gasteiger partial charge in [-0.25, -0.2) is 4.98 Å². The number of imidazole rings is 1. The summed E-state index contributed by atoms with van der Waals surface area (Å²) in [7, 11) is 1.95. The highest BCUT2D eigenvalue weighted by molar-refractivity contribution is 5.76. The van der Waals surface area contributed by atoms with Crippen molar-refractivity contribution in [3.63, 3.8) is 0 Å². The summed E-state index contributed by atoms with van der Waals surface area (Å²) in [6.45, 7) is 2.47. The third-order valence-electron chi connectivity index (χ3n) is 4.81. The first-order valence-electron chi connectivity index (χ1n) is 8.97. The molecular weight excluding hydrogens is 371 g/mol. The Morgan fingerprint density at radius 3 is 2.89 bits per heavy atom. The number of hydrogen-bond acceptors (Lipinski definition) is 4. The SMILES string of the molecule is Cn1cnc2ccc([C@H]3CN(Cc4cccc(OC(F)(F)F)c4)CCO3)cc21. The molecule has 1 aliphatic rings. The summed E-state index contributed by atoms with van der Waals surface area (Å²) < 4.78 is 49.2. The van der Waals surface area contributed by atoms with Crippen LogP contribution in [-0.2, 0) is 18.3 Å². The van der Waals surface area contributed by atoms with Gasteiger partial charge in [0, 0.05) is 26.7 Å². The van der Waals surface area contributed by atoms with Crippen LogP contribution < -0.4 is 4.74 Å². The number of morpholine rings is 1. The maximum absolute atomic E-state index is 12.4. The number of benzene rings is 2. The van der Waals surface area contributed by atoms with Crippen molar-refractivity contribution >= 4 is 11.0 Å². The van der Waals surface area contributed by atoms with Crippen molar-refractivity contribution in [2.24, 2.45) is 7.05 Å². The van der Waals surface area contributed by atoms with Crippen LogP contribution in [0.5, 0.6) is 5.75 Å². The molecule has 5 nitrogen and oxygen atoms in total. The van der Waals surface area contributed by atoms with Gasteiger partial charge in [-0.1, -0.05) is 18.2 Å². The lowest BCUT2D eigenvalue weighted by Crippen LogP contribution is -2.37. The number of aromatic nitrogens is 2. The average molecular weight is 391 g/mol. The van der Waals surface area contributed by atoms with Crippen LogP contribution in [0.2, 0.25) is 0 Å². The second-order valence-corrected chi connectivity index (χ2v) is 6.89. The van der Waals surface area contributed by atoms with E-state index in [0.717, 1.165) is 28.7 Å². The fraction of sp³-hybridized carbons (Fsp3) is 0.350. The third kappa shape index (κ3) is 4.28. The second kappa shape index (κ2) is 7.44. The zero-order valence-corrected chi connectivity index (χ0v) is 15.3. The number of ether oxygens (including phenoxy) is 2. The van der Waals surface area contributed by atoms with E-state index in [1.165, 1.54) is 12.1 Å². The maximum atomic E-state index is 12.4. The lowest BCUT2D eigenvalue weighted by molar-refractivity contribution is -0.274. The molecule has 2 heterocycles. The van der Waals surface area contributed by atoms with Gasteiger partial charge in [-0.2, -0.15) is 0 Å². The van der Waals surface area contributed by atoms with Gasteiger partial charge in [-0.15, -0.1) is 13.2 Å². The van der Waals surface area contributed by atoms with Crippen molar-refractivity contribution in [3.05, 3.63) is 59.9 Å². The van der Waals surface area contributed by atoms with Crippen LogP contribution in [0.4, 0.5) is 13.2 Å². The lowest BCUT2D eigenvalue weighted by Gasteiger charge is -2.33. The van der Waals surface area contributed by atoms with Crippen LogP contribution in [-0.4, -0.2) is 40.5 Å². The molecule has 28 heavy (non-hydrogen) atoms. The summed E-state index contributed by atoms with van der Waals surface area (Å²) in [5.74, 6) is -0.198. The number of halogens is 3. The zero-order valence-electron chi connectivity index (χ0n) is 15.3. The summed E-state index contributed by atoms with van der Waals surface area (Å²) in [5, 5.41) is 0. The summed E-state index contributed by atoms with van der Waals surface area (Å²) in [6.07, 6.45) is -3.01. The van der Waals surface area contributed by atoms with Crippen molar-refractivity contribution in [1.82, 2.24) is 14.5 Å². The minimum Gasteiger partial charge on any atom is -0.406 e. The third-order valence-corrected chi connectivity index (χ3v) is 4.81. The van der Waals surface area contributed by atoms with E-state index in [1.54, 1.807) is 18.5 Å². The van der Waals surface area contributed by atoms with Crippen LogP contribution in [0.15, 0.2) is 48.8 Å². The Morgan fingerprint density at radius 1 is 1.21 bits per heavy atom. The minimum absolute atomic E-state index is 0.0948. The molecule has 0 aliphatic carbocycles. The highest BCUT2D eigenvalue weighted by Crippen LogP contribution is 2.27. The van der Waals surface area contributed by atoms with Crippen molar-refractivity contribution in [3.8, 4) is 5.75 Å². The molecule has 4 rings (SSSR count).